The summed E-state index contributed by atoms with van der Waals surface area (Å²) in [5, 5.41) is 9.59. The van der Waals surface area contributed by atoms with Crippen molar-refractivity contribution in [2.75, 3.05) is 13.7 Å². The number of aromatic nitrogens is 3. The van der Waals surface area contributed by atoms with Crippen LogP contribution >= 0.6 is 0 Å². The molecule has 0 atom stereocenters. The number of nitrogens with one attached hydrogen (secondary N) is 1. The van der Waals surface area contributed by atoms with Crippen molar-refractivity contribution in [1.29, 1.82) is 0 Å². The Morgan fingerprint density at radius 1 is 1.06 bits per heavy atom. The lowest BCUT2D eigenvalue weighted by molar-refractivity contribution is 0.0952. The Labute approximate surface area is 185 Å². The molecule has 1 aromatic heterocycles. The van der Waals surface area contributed by atoms with Gasteiger partial charge in [-0.15, -0.1) is 5.10 Å². The van der Waals surface area contributed by atoms with Gasteiger partial charge in [0.1, 0.15) is 5.75 Å². The van der Waals surface area contributed by atoms with Gasteiger partial charge in [0, 0.05) is 23.7 Å². The van der Waals surface area contributed by atoms with Gasteiger partial charge in [-0.05, 0) is 60.0 Å². The first-order valence-corrected chi connectivity index (χ1v) is 10.7. The number of carbonyl (C=O) groups excluding carboxylic acids is 1. The van der Waals surface area contributed by atoms with E-state index < -0.39 is 0 Å². The predicted molar refractivity (Wildman–Crippen MR) is 123 cm³/mol. The smallest absolute Gasteiger partial charge is 0.346 e. The number of amides is 1. The highest BCUT2D eigenvalue weighted by Gasteiger charge is 2.30. The Balaban J connectivity index is 1.31. The van der Waals surface area contributed by atoms with Crippen molar-refractivity contribution in [3.05, 3.63) is 82.8 Å². The van der Waals surface area contributed by atoms with Crippen LogP contribution in [-0.4, -0.2) is 33.9 Å². The summed E-state index contributed by atoms with van der Waals surface area (Å²) in [5.74, 6) is 1.24. The highest BCUT2D eigenvalue weighted by atomic mass is 16.5. The van der Waals surface area contributed by atoms with Crippen LogP contribution < -0.4 is 15.7 Å². The molecule has 1 aliphatic carbocycles. The zero-order valence-corrected chi connectivity index (χ0v) is 17.8. The number of hydrogen-bond acceptors (Lipinski definition) is 4. The third-order valence-electron chi connectivity index (χ3n) is 5.75. The fraction of sp³-hybridized carbons (Fsp3) is 0.240. The van der Waals surface area contributed by atoms with Gasteiger partial charge in [0.05, 0.1) is 13.7 Å². The maximum absolute atomic E-state index is 13.0. The van der Waals surface area contributed by atoms with E-state index in [0.29, 0.717) is 24.5 Å². The Hall–Kier alpha value is -3.87. The van der Waals surface area contributed by atoms with Crippen LogP contribution in [0.25, 0.3) is 22.2 Å². The van der Waals surface area contributed by atoms with Gasteiger partial charge in [0.2, 0.25) is 0 Å². The second kappa shape index (κ2) is 8.34. The lowest BCUT2D eigenvalue weighted by Gasteiger charge is -2.06. The Morgan fingerprint density at radius 2 is 1.81 bits per heavy atom. The fourth-order valence-corrected chi connectivity index (χ4v) is 3.87. The average Bonchev–Trinajstić information content (AvgIpc) is 3.62. The molecule has 0 unspecified atom stereocenters. The molecule has 0 aliphatic heterocycles. The summed E-state index contributed by atoms with van der Waals surface area (Å²) in [6.07, 6.45) is 1.96. The quantitative estimate of drug-likeness (QED) is 0.488. The van der Waals surface area contributed by atoms with E-state index in [-0.39, 0.29) is 17.6 Å². The number of nitrogens with zero attached hydrogens (tertiary/aromatic N) is 3. The van der Waals surface area contributed by atoms with Gasteiger partial charge >= 0.3 is 5.69 Å². The predicted octanol–water partition coefficient (Wildman–Crippen LogP) is 3.64. The molecule has 0 radical (unpaired) electrons. The number of fused-ring (bicyclic) bond motifs is 1. The van der Waals surface area contributed by atoms with Gasteiger partial charge in [-0.1, -0.05) is 30.3 Å². The normalized spacial score (nSPS) is 13.3. The zero-order valence-electron chi connectivity index (χ0n) is 17.8. The summed E-state index contributed by atoms with van der Waals surface area (Å²) >= 11 is 0. The van der Waals surface area contributed by atoms with E-state index in [1.54, 1.807) is 11.7 Å². The second-order valence-electron chi connectivity index (χ2n) is 7.98. The lowest BCUT2D eigenvalue weighted by Crippen LogP contribution is -2.32. The number of benzene rings is 3. The molecule has 32 heavy (non-hydrogen) atoms. The SMILES string of the molecule is COc1ccc(-c2nn(CCNC(=O)c3ccc4ccccc4c3)c(=O)n2C2CC2)cc1. The zero-order chi connectivity index (χ0) is 22.1. The van der Waals surface area contributed by atoms with Gasteiger partial charge in [-0.3, -0.25) is 9.36 Å². The van der Waals surface area contributed by atoms with Crippen LogP contribution in [-0.2, 0) is 6.54 Å². The Kier molecular flexibility index (Phi) is 5.23. The fourth-order valence-electron chi connectivity index (χ4n) is 3.87. The third kappa shape index (κ3) is 3.89. The van der Waals surface area contributed by atoms with Gasteiger partial charge < -0.3 is 10.1 Å². The molecule has 0 spiro atoms. The van der Waals surface area contributed by atoms with E-state index in [0.717, 1.165) is 34.9 Å². The monoisotopic (exact) mass is 428 g/mol. The van der Waals surface area contributed by atoms with Gasteiger partial charge in [-0.2, -0.15) is 0 Å². The summed E-state index contributed by atoms with van der Waals surface area (Å²) in [5.41, 5.74) is 1.32. The third-order valence-corrected chi connectivity index (χ3v) is 5.75. The average molecular weight is 428 g/mol. The highest BCUT2D eigenvalue weighted by molar-refractivity contribution is 5.98. The molecule has 7 nitrogen and oxygen atoms in total. The van der Waals surface area contributed by atoms with Crippen molar-refractivity contribution in [3.8, 4) is 17.1 Å². The minimum absolute atomic E-state index is 0.140. The van der Waals surface area contributed by atoms with Crippen LogP contribution in [0.3, 0.4) is 0 Å². The maximum Gasteiger partial charge on any atom is 0.346 e. The summed E-state index contributed by atoms with van der Waals surface area (Å²) in [6, 6.07) is 21.3. The number of ether oxygens (including phenoxy) is 1. The van der Waals surface area contributed by atoms with E-state index in [9.17, 15) is 9.59 Å². The number of rotatable bonds is 7. The van der Waals surface area contributed by atoms with Gasteiger partial charge in [0.15, 0.2) is 5.82 Å². The molecule has 5 rings (SSSR count). The van der Waals surface area contributed by atoms with Crippen molar-refractivity contribution >= 4 is 16.7 Å². The molecule has 1 fully saturated rings. The number of carbonyl (C=O) groups is 1. The number of methoxy groups -OCH3 is 1. The van der Waals surface area contributed by atoms with Crippen LogP contribution in [0.1, 0.15) is 29.2 Å². The minimum Gasteiger partial charge on any atom is -0.497 e. The Bertz CT molecular complexity index is 1330. The minimum atomic E-state index is -0.166. The molecule has 1 amide bonds. The molecule has 0 bridgehead atoms. The van der Waals surface area contributed by atoms with E-state index in [1.165, 1.54) is 4.68 Å². The van der Waals surface area contributed by atoms with E-state index in [2.05, 4.69) is 10.4 Å². The van der Waals surface area contributed by atoms with E-state index in [1.807, 2.05) is 66.7 Å². The first kappa shape index (κ1) is 20.1. The maximum atomic E-state index is 13.0. The van der Waals surface area contributed by atoms with Crippen molar-refractivity contribution in [2.45, 2.75) is 25.4 Å². The van der Waals surface area contributed by atoms with Crippen molar-refractivity contribution < 1.29 is 9.53 Å². The summed E-state index contributed by atoms with van der Waals surface area (Å²) < 4.78 is 8.44. The van der Waals surface area contributed by atoms with E-state index >= 15 is 0 Å². The van der Waals surface area contributed by atoms with Crippen LogP contribution in [0.5, 0.6) is 5.75 Å². The molecule has 1 aliphatic rings. The first-order chi connectivity index (χ1) is 15.6. The molecular formula is C25H24N4O3. The first-order valence-electron chi connectivity index (χ1n) is 10.7. The molecule has 3 aromatic carbocycles. The van der Waals surface area contributed by atoms with Crippen molar-refractivity contribution in [1.82, 2.24) is 19.7 Å². The van der Waals surface area contributed by atoms with Crippen LogP contribution in [0, 0.1) is 0 Å². The van der Waals surface area contributed by atoms with Crippen LogP contribution in [0.2, 0.25) is 0 Å². The van der Waals surface area contributed by atoms with E-state index in [4.69, 9.17) is 4.74 Å². The van der Waals surface area contributed by atoms with Gasteiger partial charge in [-0.25, -0.2) is 9.48 Å². The highest BCUT2D eigenvalue weighted by Crippen LogP contribution is 2.36. The van der Waals surface area contributed by atoms with Crippen LogP contribution in [0.15, 0.2) is 71.5 Å². The van der Waals surface area contributed by atoms with Crippen LogP contribution in [0.4, 0.5) is 0 Å². The molecule has 162 valence electrons. The standard InChI is InChI=1S/C25H24N4O3/c1-32-22-12-8-18(9-13-22)23-27-28(25(31)29(23)21-10-11-21)15-14-26-24(30)20-7-6-17-4-2-3-5-19(17)16-20/h2-9,12-13,16,21H,10-11,14-15H2,1H3,(H,26,30). The largest absolute Gasteiger partial charge is 0.497 e. The molecule has 1 heterocycles. The molecule has 1 N–H and O–H groups in total. The summed E-state index contributed by atoms with van der Waals surface area (Å²) in [4.78, 5) is 25.6. The topological polar surface area (TPSA) is 78.2 Å². The molecular weight excluding hydrogens is 404 g/mol. The number of hydrogen-bond donors (Lipinski definition) is 1. The molecule has 4 aromatic rings. The second-order valence-corrected chi connectivity index (χ2v) is 7.98. The molecule has 1 saturated carbocycles. The summed E-state index contributed by atoms with van der Waals surface area (Å²) in [6.45, 7) is 0.621. The van der Waals surface area contributed by atoms with Crippen molar-refractivity contribution in [2.24, 2.45) is 0 Å². The summed E-state index contributed by atoms with van der Waals surface area (Å²) in [7, 11) is 1.62. The van der Waals surface area contributed by atoms with Crippen molar-refractivity contribution in [3.63, 3.8) is 0 Å². The molecule has 7 heteroatoms. The van der Waals surface area contributed by atoms with Gasteiger partial charge in [0.25, 0.3) is 5.91 Å². The lowest BCUT2D eigenvalue weighted by atomic mass is 10.1. The molecule has 0 saturated heterocycles. The Morgan fingerprint density at radius 3 is 2.53 bits per heavy atom.